The number of rotatable bonds is 5. The molecule has 0 aliphatic rings. The van der Waals surface area contributed by atoms with Crippen LogP contribution < -0.4 is 5.32 Å². The van der Waals surface area contributed by atoms with E-state index in [1.807, 2.05) is 31.2 Å². The summed E-state index contributed by atoms with van der Waals surface area (Å²) < 4.78 is 11.7. The number of ether oxygens (including phenoxy) is 1. The Morgan fingerprint density at radius 2 is 2.18 bits per heavy atom. The lowest BCUT2D eigenvalue weighted by Gasteiger charge is -2.10. The van der Waals surface area contributed by atoms with Gasteiger partial charge < -0.3 is 14.5 Å². The fraction of sp³-hybridized carbons (Fsp3) is 0.250. The van der Waals surface area contributed by atoms with Gasteiger partial charge in [0.2, 0.25) is 0 Å². The molecule has 5 nitrogen and oxygen atoms in total. The number of nitrogens with zero attached hydrogens (tertiary/aromatic N) is 1. The average Bonchev–Trinajstić information content (AvgIpc) is 3.14. The van der Waals surface area contributed by atoms with E-state index < -0.39 is 0 Å². The number of fused-ring (bicyclic) bond motifs is 1. The second-order valence-corrected chi connectivity index (χ2v) is 6.01. The maximum atomic E-state index is 12.1. The summed E-state index contributed by atoms with van der Waals surface area (Å²) in [5.74, 6) is 0.625. The molecule has 0 aliphatic heterocycles. The predicted molar refractivity (Wildman–Crippen MR) is 86.1 cm³/mol. The number of methoxy groups -OCH3 is 1. The lowest BCUT2D eigenvalue weighted by Crippen LogP contribution is -2.35. The van der Waals surface area contributed by atoms with Crippen LogP contribution in [0, 0.1) is 0 Å². The normalized spacial score (nSPS) is 12.5. The molecule has 0 aliphatic carbocycles. The molecule has 1 aromatic carbocycles. The van der Waals surface area contributed by atoms with Gasteiger partial charge in [-0.25, -0.2) is 4.98 Å². The van der Waals surface area contributed by atoms with Crippen LogP contribution in [0.15, 0.2) is 40.8 Å². The Morgan fingerprint density at radius 1 is 1.36 bits per heavy atom. The first-order valence-electron chi connectivity index (χ1n) is 6.93. The first-order chi connectivity index (χ1) is 10.7. The van der Waals surface area contributed by atoms with E-state index in [0.717, 1.165) is 15.2 Å². The Labute approximate surface area is 131 Å². The molecule has 6 heteroatoms. The molecule has 0 spiro atoms. The maximum absolute atomic E-state index is 12.1. The Kier molecular flexibility index (Phi) is 4.22. The highest BCUT2D eigenvalue weighted by Gasteiger charge is 2.16. The molecule has 114 valence electrons. The van der Waals surface area contributed by atoms with E-state index in [9.17, 15) is 4.79 Å². The van der Waals surface area contributed by atoms with Crippen molar-refractivity contribution in [3.05, 3.63) is 42.2 Å². The smallest absolute Gasteiger partial charge is 0.287 e. The minimum absolute atomic E-state index is 0.0755. The number of thiazole rings is 1. The molecular formula is C16H16N2O3S. The van der Waals surface area contributed by atoms with Gasteiger partial charge >= 0.3 is 0 Å². The van der Waals surface area contributed by atoms with Crippen LogP contribution in [0.5, 0.6) is 0 Å². The number of aromatic nitrogens is 1. The second kappa shape index (κ2) is 6.29. The number of amides is 1. The number of hydrogen-bond donors (Lipinski definition) is 1. The van der Waals surface area contributed by atoms with Crippen molar-refractivity contribution in [2.45, 2.75) is 13.0 Å². The Balaban J connectivity index is 1.79. The molecule has 0 radical (unpaired) electrons. The third-order valence-electron chi connectivity index (χ3n) is 3.13. The molecule has 2 heterocycles. The van der Waals surface area contributed by atoms with Crippen LogP contribution in [-0.2, 0) is 4.74 Å². The van der Waals surface area contributed by atoms with Gasteiger partial charge in [0.15, 0.2) is 16.5 Å². The Bertz CT molecular complexity index is 760. The third-order valence-corrected chi connectivity index (χ3v) is 4.18. The molecule has 3 aromatic rings. The zero-order valence-electron chi connectivity index (χ0n) is 12.3. The average molecular weight is 316 g/mol. The van der Waals surface area contributed by atoms with Crippen molar-refractivity contribution in [1.82, 2.24) is 10.3 Å². The van der Waals surface area contributed by atoms with Crippen LogP contribution in [0.2, 0.25) is 0 Å². The first kappa shape index (κ1) is 14.7. The van der Waals surface area contributed by atoms with E-state index in [1.54, 1.807) is 30.6 Å². The highest BCUT2D eigenvalue weighted by molar-refractivity contribution is 7.21. The molecule has 1 N–H and O–H groups in total. The summed E-state index contributed by atoms with van der Waals surface area (Å²) in [7, 11) is 1.60. The first-order valence-corrected chi connectivity index (χ1v) is 7.74. The van der Waals surface area contributed by atoms with Crippen molar-refractivity contribution in [1.29, 1.82) is 0 Å². The van der Waals surface area contributed by atoms with Gasteiger partial charge in [0.05, 0.1) is 16.8 Å². The van der Waals surface area contributed by atoms with Gasteiger partial charge in [-0.15, -0.1) is 11.3 Å². The van der Waals surface area contributed by atoms with Gasteiger partial charge in [0.25, 0.3) is 5.91 Å². The molecule has 0 saturated heterocycles. The van der Waals surface area contributed by atoms with E-state index >= 15 is 0 Å². The minimum Gasteiger partial charge on any atom is -0.448 e. The van der Waals surface area contributed by atoms with Crippen molar-refractivity contribution >= 4 is 27.5 Å². The molecular weight excluding hydrogens is 300 g/mol. The largest absolute Gasteiger partial charge is 0.448 e. The number of nitrogens with one attached hydrogen (secondary N) is 1. The van der Waals surface area contributed by atoms with Crippen molar-refractivity contribution in [2.24, 2.45) is 0 Å². The van der Waals surface area contributed by atoms with Crippen molar-refractivity contribution in [3.8, 4) is 10.8 Å². The van der Waals surface area contributed by atoms with E-state index in [2.05, 4.69) is 10.3 Å². The second-order valence-electron chi connectivity index (χ2n) is 4.98. The van der Waals surface area contributed by atoms with E-state index in [1.165, 1.54) is 0 Å². The zero-order valence-corrected chi connectivity index (χ0v) is 13.1. The van der Waals surface area contributed by atoms with Crippen LogP contribution in [0.25, 0.3) is 21.0 Å². The Hall–Kier alpha value is -2.18. The molecule has 22 heavy (non-hydrogen) atoms. The molecule has 2 aromatic heterocycles. The van der Waals surface area contributed by atoms with Crippen LogP contribution in [0.4, 0.5) is 0 Å². The van der Waals surface area contributed by atoms with Gasteiger partial charge in [-0.05, 0) is 31.2 Å². The SMILES string of the molecule is COCC(C)NC(=O)c1ccc(-c2nc3ccccc3s2)o1. The van der Waals surface area contributed by atoms with Crippen molar-refractivity contribution in [2.75, 3.05) is 13.7 Å². The highest BCUT2D eigenvalue weighted by atomic mass is 32.1. The maximum Gasteiger partial charge on any atom is 0.287 e. The molecule has 0 saturated carbocycles. The molecule has 0 bridgehead atoms. The molecule has 1 unspecified atom stereocenters. The van der Waals surface area contributed by atoms with Crippen LogP contribution >= 0.6 is 11.3 Å². The predicted octanol–water partition coefficient (Wildman–Crippen LogP) is 3.32. The fourth-order valence-electron chi connectivity index (χ4n) is 2.14. The zero-order chi connectivity index (χ0) is 15.5. The molecule has 3 rings (SSSR count). The van der Waals surface area contributed by atoms with E-state index in [0.29, 0.717) is 12.4 Å². The molecule has 0 fully saturated rings. The summed E-state index contributed by atoms with van der Waals surface area (Å²) in [6.07, 6.45) is 0. The lowest BCUT2D eigenvalue weighted by atomic mass is 10.3. The van der Waals surface area contributed by atoms with Crippen molar-refractivity contribution < 1.29 is 13.9 Å². The summed E-state index contributed by atoms with van der Waals surface area (Å²) in [6.45, 7) is 2.33. The van der Waals surface area contributed by atoms with E-state index in [-0.39, 0.29) is 17.7 Å². The summed E-state index contributed by atoms with van der Waals surface area (Å²) in [5.41, 5.74) is 0.929. The minimum atomic E-state index is -0.253. The fourth-order valence-corrected chi connectivity index (χ4v) is 3.07. The summed E-state index contributed by atoms with van der Waals surface area (Å²) >= 11 is 1.54. The quantitative estimate of drug-likeness (QED) is 0.784. The monoisotopic (exact) mass is 316 g/mol. The molecule has 1 amide bonds. The third kappa shape index (κ3) is 3.03. The topological polar surface area (TPSA) is 64.4 Å². The Morgan fingerprint density at radius 3 is 2.95 bits per heavy atom. The van der Waals surface area contributed by atoms with Crippen LogP contribution in [-0.4, -0.2) is 30.6 Å². The standard InChI is InChI=1S/C16H16N2O3S/c1-10(9-20-2)17-15(19)12-7-8-13(21-12)16-18-11-5-3-4-6-14(11)22-16/h3-8,10H,9H2,1-2H3,(H,17,19). The van der Waals surface area contributed by atoms with Gasteiger partial charge in [0, 0.05) is 13.2 Å². The number of carbonyl (C=O) groups excluding carboxylic acids is 1. The van der Waals surface area contributed by atoms with Crippen LogP contribution in [0.1, 0.15) is 17.5 Å². The summed E-state index contributed by atoms with van der Waals surface area (Å²) in [6, 6.07) is 11.3. The van der Waals surface area contributed by atoms with Gasteiger partial charge in [-0.1, -0.05) is 12.1 Å². The lowest BCUT2D eigenvalue weighted by molar-refractivity contribution is 0.0879. The number of para-hydroxylation sites is 1. The van der Waals surface area contributed by atoms with Gasteiger partial charge in [0.1, 0.15) is 0 Å². The van der Waals surface area contributed by atoms with Gasteiger partial charge in [-0.2, -0.15) is 0 Å². The van der Waals surface area contributed by atoms with Crippen LogP contribution in [0.3, 0.4) is 0 Å². The number of hydrogen-bond acceptors (Lipinski definition) is 5. The van der Waals surface area contributed by atoms with E-state index in [4.69, 9.17) is 9.15 Å². The summed E-state index contributed by atoms with van der Waals surface area (Å²) in [4.78, 5) is 16.6. The number of benzene rings is 1. The van der Waals surface area contributed by atoms with Crippen molar-refractivity contribution in [3.63, 3.8) is 0 Å². The summed E-state index contributed by atoms with van der Waals surface area (Å²) in [5, 5.41) is 3.58. The number of carbonyl (C=O) groups is 1. The number of furan rings is 1. The molecule has 1 atom stereocenters. The van der Waals surface area contributed by atoms with Gasteiger partial charge in [-0.3, -0.25) is 4.79 Å². The highest BCUT2D eigenvalue weighted by Crippen LogP contribution is 2.31.